The molecule has 1 N–H and O–H groups in total. The lowest BCUT2D eigenvalue weighted by Crippen LogP contribution is -2.52. The van der Waals surface area contributed by atoms with Gasteiger partial charge in [-0.3, -0.25) is 9.59 Å². The van der Waals surface area contributed by atoms with E-state index in [1.54, 1.807) is 32.9 Å². The number of fused-ring (bicyclic) bond motifs is 1. The van der Waals surface area contributed by atoms with E-state index in [0.29, 0.717) is 5.06 Å². The molecule has 3 amide bonds. The van der Waals surface area contributed by atoms with Gasteiger partial charge in [-0.15, -0.1) is 0 Å². The number of hydrogen-bond acceptors (Lipinski definition) is 6. The maximum atomic E-state index is 13.9. The Balaban J connectivity index is 1.74. The zero-order chi connectivity index (χ0) is 22.3. The summed E-state index contributed by atoms with van der Waals surface area (Å²) in [4.78, 5) is 54.5. The number of ether oxygens (including phenoxy) is 1. The van der Waals surface area contributed by atoms with E-state index >= 15 is 0 Å². The Morgan fingerprint density at radius 3 is 2.23 bits per heavy atom. The number of halogens is 2. The Hall–Kier alpha value is -3.04. The molecule has 1 aliphatic carbocycles. The van der Waals surface area contributed by atoms with Gasteiger partial charge < -0.3 is 14.9 Å². The molecule has 0 aromatic heterocycles. The van der Waals surface area contributed by atoms with E-state index in [1.165, 1.54) is 12.1 Å². The SMILES string of the molecule is CC(C)(C)OC(=O)N[C@H]1CC(F)(F)CC[C@@H]1C(=O)ON1C(=O)c2ccccc2C1=O. The van der Waals surface area contributed by atoms with Gasteiger partial charge in [0, 0.05) is 12.8 Å². The van der Waals surface area contributed by atoms with Crippen LogP contribution in [0.1, 0.15) is 60.7 Å². The largest absolute Gasteiger partial charge is 0.444 e. The van der Waals surface area contributed by atoms with Crippen LogP contribution < -0.4 is 5.32 Å². The number of nitrogens with one attached hydrogen (secondary N) is 1. The lowest BCUT2D eigenvalue weighted by Gasteiger charge is -2.35. The molecule has 1 saturated carbocycles. The van der Waals surface area contributed by atoms with Crippen molar-refractivity contribution in [2.45, 2.75) is 57.6 Å². The Morgan fingerprint density at radius 1 is 1.13 bits per heavy atom. The number of carbonyl (C=O) groups excluding carboxylic acids is 4. The van der Waals surface area contributed by atoms with Crippen molar-refractivity contribution in [3.8, 4) is 0 Å². The molecule has 8 nitrogen and oxygen atoms in total. The highest BCUT2D eigenvalue weighted by atomic mass is 19.3. The standard InChI is InChI=1S/C20H22F2N2O6/c1-19(2,3)29-18(28)23-14-10-20(21,22)9-8-13(14)17(27)30-24-15(25)11-6-4-5-7-12(11)16(24)26/h4-7,13-14H,8-10H2,1-3H3,(H,23,28)/t13-,14-/m0/s1. The predicted molar refractivity (Wildman–Crippen MR) is 98.5 cm³/mol. The zero-order valence-electron chi connectivity index (χ0n) is 16.7. The van der Waals surface area contributed by atoms with Crippen LogP contribution >= 0.6 is 0 Å². The maximum absolute atomic E-state index is 13.9. The number of nitrogens with zero attached hydrogens (tertiary/aromatic N) is 1. The van der Waals surface area contributed by atoms with Gasteiger partial charge in [-0.2, -0.15) is 0 Å². The van der Waals surface area contributed by atoms with E-state index in [0.717, 1.165) is 0 Å². The molecule has 0 radical (unpaired) electrons. The second-order valence-electron chi connectivity index (χ2n) is 8.32. The van der Waals surface area contributed by atoms with Crippen LogP contribution in [0.2, 0.25) is 0 Å². The molecule has 1 aromatic carbocycles. The molecule has 1 aliphatic heterocycles. The third-order valence-electron chi connectivity index (χ3n) is 4.77. The third kappa shape index (κ3) is 4.58. The summed E-state index contributed by atoms with van der Waals surface area (Å²) in [5.74, 6) is -6.96. The fraction of sp³-hybridized carbons (Fsp3) is 0.500. The van der Waals surface area contributed by atoms with E-state index in [4.69, 9.17) is 9.57 Å². The lowest BCUT2D eigenvalue weighted by molar-refractivity contribution is -0.178. The van der Waals surface area contributed by atoms with Gasteiger partial charge in [-0.05, 0) is 39.3 Å². The number of hydroxylamine groups is 2. The van der Waals surface area contributed by atoms with E-state index in [9.17, 15) is 28.0 Å². The molecule has 0 unspecified atom stereocenters. The van der Waals surface area contributed by atoms with Gasteiger partial charge in [0.15, 0.2) is 0 Å². The molecular formula is C20H22F2N2O6. The van der Waals surface area contributed by atoms with Gasteiger partial charge in [-0.1, -0.05) is 17.2 Å². The molecule has 1 fully saturated rings. The lowest BCUT2D eigenvalue weighted by atomic mass is 9.82. The van der Waals surface area contributed by atoms with Crippen molar-refractivity contribution in [1.82, 2.24) is 10.4 Å². The highest BCUT2D eigenvalue weighted by molar-refractivity contribution is 6.20. The van der Waals surface area contributed by atoms with Gasteiger partial charge in [-0.25, -0.2) is 18.4 Å². The molecule has 1 aromatic rings. The van der Waals surface area contributed by atoms with Crippen LogP contribution in [-0.2, 0) is 14.4 Å². The van der Waals surface area contributed by atoms with Crippen LogP contribution in [-0.4, -0.2) is 46.5 Å². The monoisotopic (exact) mass is 424 g/mol. The summed E-state index contributed by atoms with van der Waals surface area (Å²) in [6, 6.07) is 4.65. The summed E-state index contributed by atoms with van der Waals surface area (Å²) in [5, 5.41) is 2.62. The molecule has 3 rings (SSSR count). The number of alkyl carbamates (subject to hydrolysis) is 1. The van der Waals surface area contributed by atoms with Crippen molar-refractivity contribution in [2.75, 3.05) is 0 Å². The first-order valence-electron chi connectivity index (χ1n) is 9.45. The smallest absolute Gasteiger partial charge is 0.407 e. The van der Waals surface area contributed by atoms with Crippen molar-refractivity contribution >= 4 is 23.9 Å². The van der Waals surface area contributed by atoms with Crippen LogP contribution in [0, 0.1) is 5.92 Å². The van der Waals surface area contributed by atoms with Gasteiger partial charge >= 0.3 is 12.1 Å². The van der Waals surface area contributed by atoms with Crippen molar-refractivity contribution < 1.29 is 37.5 Å². The number of imide groups is 1. The second kappa shape index (κ2) is 7.66. The Morgan fingerprint density at radius 2 is 1.70 bits per heavy atom. The first-order chi connectivity index (χ1) is 13.9. The van der Waals surface area contributed by atoms with Crippen molar-refractivity contribution in [3.05, 3.63) is 35.4 Å². The molecule has 2 atom stereocenters. The molecule has 2 aliphatic rings. The Kier molecular flexibility index (Phi) is 5.53. The summed E-state index contributed by atoms with van der Waals surface area (Å²) >= 11 is 0. The molecule has 1 heterocycles. The second-order valence-corrected chi connectivity index (χ2v) is 8.32. The first kappa shape index (κ1) is 21.7. The molecule has 0 bridgehead atoms. The van der Waals surface area contributed by atoms with Gasteiger partial charge in [0.1, 0.15) is 5.60 Å². The van der Waals surface area contributed by atoms with Crippen LogP contribution in [0.3, 0.4) is 0 Å². The van der Waals surface area contributed by atoms with Gasteiger partial charge in [0.2, 0.25) is 5.92 Å². The summed E-state index contributed by atoms with van der Waals surface area (Å²) in [6.45, 7) is 4.82. The number of hydrogen-bond donors (Lipinski definition) is 1. The van der Waals surface area contributed by atoms with E-state index in [1.807, 2.05) is 0 Å². The third-order valence-corrected chi connectivity index (χ3v) is 4.77. The summed E-state index contributed by atoms with van der Waals surface area (Å²) in [6.07, 6.45) is -2.64. The van der Waals surface area contributed by atoms with E-state index in [2.05, 4.69) is 5.32 Å². The highest BCUT2D eigenvalue weighted by Crippen LogP contribution is 2.37. The number of rotatable bonds is 3. The average Bonchev–Trinajstić information content (AvgIpc) is 2.85. The maximum Gasteiger partial charge on any atom is 0.407 e. The normalized spacial score (nSPS) is 23.0. The summed E-state index contributed by atoms with van der Waals surface area (Å²) in [7, 11) is 0. The highest BCUT2D eigenvalue weighted by Gasteiger charge is 2.48. The Bertz CT molecular complexity index is 861. The Labute approximate surface area is 171 Å². The molecule has 30 heavy (non-hydrogen) atoms. The predicted octanol–water partition coefficient (Wildman–Crippen LogP) is 3.07. The summed E-state index contributed by atoms with van der Waals surface area (Å²) < 4.78 is 32.9. The zero-order valence-corrected chi connectivity index (χ0v) is 16.7. The fourth-order valence-corrected chi connectivity index (χ4v) is 3.43. The molecule has 10 heteroatoms. The van der Waals surface area contributed by atoms with Gasteiger partial charge in [0.25, 0.3) is 11.8 Å². The molecule has 162 valence electrons. The van der Waals surface area contributed by atoms with Crippen LogP contribution in [0.15, 0.2) is 24.3 Å². The number of alkyl halides is 2. The average molecular weight is 424 g/mol. The van der Waals surface area contributed by atoms with Crippen molar-refractivity contribution in [3.63, 3.8) is 0 Å². The quantitative estimate of drug-likeness (QED) is 0.749. The van der Waals surface area contributed by atoms with Crippen LogP contribution in [0.5, 0.6) is 0 Å². The van der Waals surface area contributed by atoms with Crippen LogP contribution in [0.4, 0.5) is 13.6 Å². The minimum Gasteiger partial charge on any atom is -0.444 e. The summed E-state index contributed by atoms with van der Waals surface area (Å²) in [5.41, 5.74) is -0.708. The van der Waals surface area contributed by atoms with Crippen molar-refractivity contribution in [2.24, 2.45) is 5.92 Å². The fourth-order valence-electron chi connectivity index (χ4n) is 3.43. The molecule has 0 saturated heterocycles. The number of benzene rings is 1. The van der Waals surface area contributed by atoms with E-state index in [-0.39, 0.29) is 17.5 Å². The van der Waals surface area contributed by atoms with Crippen LogP contribution in [0.25, 0.3) is 0 Å². The molecule has 0 spiro atoms. The first-order valence-corrected chi connectivity index (χ1v) is 9.45. The minimum absolute atomic E-state index is 0.0777. The minimum atomic E-state index is -3.09. The topological polar surface area (TPSA) is 102 Å². The number of carbonyl (C=O) groups is 4. The van der Waals surface area contributed by atoms with E-state index < -0.39 is 60.2 Å². The number of amides is 3. The van der Waals surface area contributed by atoms with Gasteiger partial charge in [0.05, 0.1) is 23.1 Å². The van der Waals surface area contributed by atoms with Crippen molar-refractivity contribution in [1.29, 1.82) is 0 Å². The molecular weight excluding hydrogens is 402 g/mol.